The van der Waals surface area contributed by atoms with Crippen molar-refractivity contribution in [3.63, 3.8) is 0 Å². The zero-order valence-electron chi connectivity index (χ0n) is 11.6. The zero-order valence-corrected chi connectivity index (χ0v) is 11.6. The number of fused-ring (bicyclic) bond motifs is 1. The molecule has 0 amide bonds. The first kappa shape index (κ1) is 12.7. The Bertz CT molecular complexity index is 650. The lowest BCUT2D eigenvalue weighted by molar-refractivity contribution is 0.462. The highest BCUT2D eigenvalue weighted by atomic mass is 16.3. The lowest BCUT2D eigenvalue weighted by Gasteiger charge is -2.28. The van der Waals surface area contributed by atoms with E-state index in [9.17, 15) is 5.11 Å². The lowest BCUT2D eigenvalue weighted by Crippen LogP contribution is -2.28. The van der Waals surface area contributed by atoms with E-state index >= 15 is 0 Å². The molecule has 0 saturated carbocycles. The highest BCUT2D eigenvalue weighted by molar-refractivity contribution is 5.86. The van der Waals surface area contributed by atoms with Crippen LogP contribution >= 0.6 is 0 Å². The van der Waals surface area contributed by atoms with E-state index in [0.29, 0.717) is 5.75 Å². The smallest absolute Gasteiger partial charge is 0.121 e. The summed E-state index contributed by atoms with van der Waals surface area (Å²) in [6.45, 7) is 0. The second kappa shape index (κ2) is 4.96. The van der Waals surface area contributed by atoms with Crippen LogP contribution in [0.5, 0.6) is 5.75 Å². The van der Waals surface area contributed by atoms with Crippen molar-refractivity contribution in [2.24, 2.45) is 4.99 Å². The second-order valence-electron chi connectivity index (χ2n) is 5.16. The minimum atomic E-state index is -0.189. The molecule has 1 aromatic carbocycles. The number of nitrogens with zero attached hydrogens (tertiary/aromatic N) is 3. The van der Waals surface area contributed by atoms with Gasteiger partial charge in [0.1, 0.15) is 17.6 Å². The van der Waals surface area contributed by atoms with Gasteiger partial charge in [-0.25, -0.2) is 0 Å². The van der Waals surface area contributed by atoms with Crippen LogP contribution < -0.4 is 0 Å². The van der Waals surface area contributed by atoms with Crippen molar-refractivity contribution in [3.8, 4) is 5.75 Å². The third kappa shape index (κ3) is 2.13. The number of aromatic nitrogens is 1. The van der Waals surface area contributed by atoms with E-state index < -0.39 is 0 Å². The molecule has 1 aromatic heterocycles. The Labute approximate surface area is 118 Å². The van der Waals surface area contributed by atoms with Gasteiger partial charge in [-0.1, -0.05) is 18.2 Å². The van der Waals surface area contributed by atoms with Crippen molar-refractivity contribution >= 4 is 5.84 Å². The molecule has 4 nitrogen and oxygen atoms in total. The second-order valence-corrected chi connectivity index (χ2v) is 5.16. The normalized spacial score (nSPS) is 17.3. The van der Waals surface area contributed by atoms with Gasteiger partial charge in [0.25, 0.3) is 0 Å². The van der Waals surface area contributed by atoms with E-state index in [2.05, 4.69) is 11.1 Å². The summed E-state index contributed by atoms with van der Waals surface area (Å²) < 4.78 is 0. The van der Waals surface area contributed by atoms with E-state index in [0.717, 1.165) is 28.9 Å². The van der Waals surface area contributed by atoms with Crippen LogP contribution in [-0.2, 0) is 6.42 Å². The first-order valence-electron chi connectivity index (χ1n) is 6.61. The molecule has 4 heteroatoms. The standard InChI is InChI=1S/C16H17N3O/c1-19(2)14-9-11-5-3-7-13(20)15(11)16(18-14)12-6-4-8-17-10-12/h3-8,10,16,20H,9H2,1-2H3. The molecule has 1 aliphatic heterocycles. The molecular formula is C16H17N3O. The van der Waals surface area contributed by atoms with Crippen LogP contribution in [0.3, 0.4) is 0 Å². The van der Waals surface area contributed by atoms with E-state index in [1.54, 1.807) is 12.3 Å². The molecule has 0 saturated heterocycles. The molecule has 1 aliphatic rings. The maximum Gasteiger partial charge on any atom is 0.121 e. The van der Waals surface area contributed by atoms with Crippen molar-refractivity contribution in [2.45, 2.75) is 12.5 Å². The molecule has 20 heavy (non-hydrogen) atoms. The van der Waals surface area contributed by atoms with Gasteiger partial charge < -0.3 is 10.0 Å². The highest BCUT2D eigenvalue weighted by Gasteiger charge is 2.26. The van der Waals surface area contributed by atoms with Gasteiger partial charge in [0, 0.05) is 38.5 Å². The molecular weight excluding hydrogens is 250 g/mol. The molecule has 0 spiro atoms. The summed E-state index contributed by atoms with van der Waals surface area (Å²) in [4.78, 5) is 11.0. The van der Waals surface area contributed by atoms with Crippen LogP contribution in [0.1, 0.15) is 22.7 Å². The number of amidine groups is 1. The molecule has 3 rings (SSSR count). The minimum Gasteiger partial charge on any atom is -0.508 e. The fraction of sp³-hybridized carbons (Fsp3) is 0.250. The van der Waals surface area contributed by atoms with E-state index in [-0.39, 0.29) is 6.04 Å². The van der Waals surface area contributed by atoms with Gasteiger partial charge in [-0.15, -0.1) is 0 Å². The third-order valence-electron chi connectivity index (χ3n) is 3.59. The van der Waals surface area contributed by atoms with E-state index in [1.807, 2.05) is 43.4 Å². The van der Waals surface area contributed by atoms with Gasteiger partial charge in [0.2, 0.25) is 0 Å². The first-order chi connectivity index (χ1) is 9.66. The third-order valence-corrected chi connectivity index (χ3v) is 3.59. The van der Waals surface area contributed by atoms with E-state index in [4.69, 9.17) is 4.99 Å². The number of benzene rings is 1. The van der Waals surface area contributed by atoms with Gasteiger partial charge in [0.05, 0.1) is 0 Å². The van der Waals surface area contributed by atoms with Crippen LogP contribution in [0.2, 0.25) is 0 Å². The number of aliphatic imine (C=N–C) groups is 1. The van der Waals surface area contributed by atoms with E-state index in [1.165, 1.54) is 0 Å². The summed E-state index contributed by atoms with van der Waals surface area (Å²) in [5.74, 6) is 1.31. The Balaban J connectivity index is 2.16. The number of hydrogen-bond donors (Lipinski definition) is 1. The summed E-state index contributed by atoms with van der Waals surface area (Å²) in [6, 6.07) is 9.36. The van der Waals surface area contributed by atoms with Crippen molar-refractivity contribution in [3.05, 3.63) is 59.4 Å². The predicted octanol–water partition coefficient (Wildman–Crippen LogP) is 2.39. The molecule has 0 bridgehead atoms. The topological polar surface area (TPSA) is 48.7 Å². The monoisotopic (exact) mass is 267 g/mol. The predicted molar refractivity (Wildman–Crippen MR) is 79.0 cm³/mol. The Hall–Kier alpha value is -2.36. The van der Waals surface area contributed by atoms with Gasteiger partial charge in [-0.2, -0.15) is 0 Å². The number of phenols is 1. The van der Waals surface area contributed by atoms with Crippen LogP contribution in [0.4, 0.5) is 0 Å². The Morgan fingerprint density at radius 3 is 2.75 bits per heavy atom. The molecule has 1 N–H and O–H groups in total. The van der Waals surface area contributed by atoms with Crippen LogP contribution in [0.25, 0.3) is 0 Å². The average molecular weight is 267 g/mol. The van der Waals surface area contributed by atoms with Gasteiger partial charge in [-0.3, -0.25) is 9.98 Å². The van der Waals surface area contributed by atoms with Crippen molar-refractivity contribution in [2.75, 3.05) is 14.1 Å². The fourth-order valence-electron chi connectivity index (χ4n) is 2.55. The molecule has 102 valence electrons. The Morgan fingerprint density at radius 2 is 2.05 bits per heavy atom. The number of pyridine rings is 1. The fourth-order valence-corrected chi connectivity index (χ4v) is 2.55. The van der Waals surface area contributed by atoms with Crippen molar-refractivity contribution in [1.29, 1.82) is 0 Å². The quantitative estimate of drug-likeness (QED) is 0.863. The maximum absolute atomic E-state index is 10.2. The van der Waals surface area contributed by atoms with Crippen LogP contribution in [0.15, 0.2) is 47.7 Å². The van der Waals surface area contributed by atoms with Gasteiger partial charge in [-0.05, 0) is 23.3 Å². The largest absolute Gasteiger partial charge is 0.508 e. The molecule has 2 aromatic rings. The molecule has 1 unspecified atom stereocenters. The summed E-state index contributed by atoms with van der Waals surface area (Å²) in [5, 5.41) is 10.2. The average Bonchev–Trinajstić information content (AvgIpc) is 2.47. The first-order valence-corrected chi connectivity index (χ1v) is 6.61. The number of phenolic OH excluding ortho intramolecular Hbond substituents is 1. The molecule has 0 aliphatic carbocycles. The molecule has 1 atom stereocenters. The number of hydrogen-bond acceptors (Lipinski definition) is 4. The summed E-state index contributed by atoms with van der Waals surface area (Å²) >= 11 is 0. The zero-order chi connectivity index (χ0) is 14.1. The lowest BCUT2D eigenvalue weighted by atomic mass is 9.90. The summed E-state index contributed by atoms with van der Waals surface area (Å²) in [7, 11) is 3.99. The van der Waals surface area contributed by atoms with Gasteiger partial charge >= 0.3 is 0 Å². The SMILES string of the molecule is CN(C)C1=NC(c2cccnc2)c2c(O)cccc2C1. The Kier molecular flexibility index (Phi) is 3.14. The number of likely N-dealkylation sites (N-methyl/N-ethyl adjacent to an activating group) is 1. The molecule has 0 radical (unpaired) electrons. The molecule has 2 heterocycles. The van der Waals surface area contributed by atoms with Crippen LogP contribution in [0, 0.1) is 0 Å². The number of rotatable bonds is 1. The Morgan fingerprint density at radius 1 is 1.20 bits per heavy atom. The number of aromatic hydroxyl groups is 1. The summed E-state index contributed by atoms with van der Waals surface area (Å²) in [6.07, 6.45) is 4.30. The highest BCUT2D eigenvalue weighted by Crippen LogP contribution is 2.38. The van der Waals surface area contributed by atoms with Crippen LogP contribution in [-0.4, -0.2) is 34.9 Å². The summed E-state index contributed by atoms with van der Waals surface area (Å²) in [5.41, 5.74) is 3.01. The van der Waals surface area contributed by atoms with Crippen molar-refractivity contribution < 1.29 is 5.11 Å². The maximum atomic E-state index is 10.2. The molecule has 0 fully saturated rings. The van der Waals surface area contributed by atoms with Gasteiger partial charge in [0.15, 0.2) is 0 Å². The minimum absolute atomic E-state index is 0.189. The van der Waals surface area contributed by atoms with Crippen molar-refractivity contribution in [1.82, 2.24) is 9.88 Å².